The van der Waals surface area contributed by atoms with Gasteiger partial charge >= 0.3 is 12.2 Å². The van der Waals surface area contributed by atoms with Crippen molar-refractivity contribution in [2.45, 2.75) is 87.6 Å². The van der Waals surface area contributed by atoms with Gasteiger partial charge in [-0.25, -0.2) is 19.6 Å². The first-order valence-electron chi connectivity index (χ1n) is 24.2. The van der Waals surface area contributed by atoms with Crippen molar-refractivity contribution in [3.63, 3.8) is 0 Å². The van der Waals surface area contributed by atoms with Crippen LogP contribution in [0.3, 0.4) is 0 Å². The van der Waals surface area contributed by atoms with E-state index >= 15 is 0 Å². The van der Waals surface area contributed by atoms with Crippen LogP contribution in [-0.4, -0.2) is 128 Å². The van der Waals surface area contributed by atoms with Crippen molar-refractivity contribution in [1.29, 1.82) is 0 Å². The molecule has 12 rings (SSSR count). The van der Waals surface area contributed by atoms with Crippen LogP contribution in [0.2, 0.25) is 0 Å². The second kappa shape index (κ2) is 16.9. The minimum atomic E-state index is -1.10. The van der Waals surface area contributed by atoms with Gasteiger partial charge in [0.25, 0.3) is 0 Å². The number of likely N-dealkylation sites (N-methyl/N-ethyl adjacent to an activating group) is 1. The fourth-order valence-electron chi connectivity index (χ4n) is 12.2. The number of amides is 4. The molecule has 8 atom stereocenters. The average molecular weight is 921 g/mol. The molecule has 4 amide bonds. The highest BCUT2D eigenvalue weighted by Gasteiger charge is 2.58. The Morgan fingerprint density at radius 3 is 2.00 bits per heavy atom. The minimum Gasteiger partial charge on any atom is -0.465 e. The van der Waals surface area contributed by atoms with Crippen molar-refractivity contribution in [3.8, 4) is 22.4 Å². The van der Waals surface area contributed by atoms with Crippen LogP contribution in [0.15, 0.2) is 72.9 Å². The zero-order valence-electron chi connectivity index (χ0n) is 38.2. The summed E-state index contributed by atoms with van der Waals surface area (Å²) >= 11 is 0. The van der Waals surface area contributed by atoms with Gasteiger partial charge < -0.3 is 44.4 Å². The van der Waals surface area contributed by atoms with Gasteiger partial charge in [-0.05, 0) is 127 Å². The Morgan fingerprint density at radius 1 is 0.735 bits per heavy atom. The number of alkyl carbamates (subject to hydrolysis) is 1. The first-order chi connectivity index (χ1) is 33.1. The lowest BCUT2D eigenvalue weighted by atomic mass is 9.89. The van der Waals surface area contributed by atoms with E-state index in [9.17, 15) is 24.3 Å². The molecule has 0 bridgehead atoms. The lowest BCUT2D eigenvalue weighted by Gasteiger charge is -2.38. The highest BCUT2D eigenvalue weighted by molar-refractivity contribution is 6.06. The number of methoxy groups -OCH3 is 1. The van der Waals surface area contributed by atoms with Gasteiger partial charge in [-0.1, -0.05) is 42.5 Å². The molecule has 2 saturated carbocycles. The molecule has 6 aromatic rings. The summed E-state index contributed by atoms with van der Waals surface area (Å²) in [5, 5.41) is 17.2. The quantitative estimate of drug-likeness (QED) is 0.105. The molecule has 0 spiro atoms. The number of carbonyl (C=O) groups is 4. The van der Waals surface area contributed by atoms with Gasteiger partial charge in [0, 0.05) is 62.7 Å². The van der Waals surface area contributed by atoms with Crippen LogP contribution in [-0.2, 0) is 23.8 Å². The second-order valence-electron chi connectivity index (χ2n) is 19.9. The van der Waals surface area contributed by atoms with E-state index in [1.165, 1.54) is 19.1 Å². The Morgan fingerprint density at radius 2 is 1.32 bits per heavy atom. The molecular weight excluding hydrogens is 865 g/mol. The SMILES string of the molecule is COC(=O)N[C@H](C(=O)N1[C@@H]2C[C@@H]2C[C@H]1c1nc(-c2ccc3cc(-c4ccc5c(ccc6nc([C@@H]7C[C@H]8C[C@H]8N7C(=O)[C@H](C7CCOCC7)N(C)C(=O)O)[nH]c65)c4)ccc3c2)c[nH]1)C1CCOCC1. The summed E-state index contributed by atoms with van der Waals surface area (Å²) in [4.78, 5) is 75.7. The predicted molar refractivity (Wildman–Crippen MR) is 252 cm³/mol. The van der Waals surface area contributed by atoms with Gasteiger partial charge in [-0.15, -0.1) is 0 Å². The smallest absolute Gasteiger partial charge is 0.407 e. The summed E-state index contributed by atoms with van der Waals surface area (Å²) in [6.45, 7) is 2.18. The Hall–Kier alpha value is -6.52. The number of carbonyl (C=O) groups excluding carboxylic acids is 3. The maximum absolute atomic E-state index is 14.5. The van der Waals surface area contributed by atoms with E-state index in [0.29, 0.717) is 63.9 Å². The molecule has 6 fully saturated rings. The van der Waals surface area contributed by atoms with Crippen LogP contribution in [0.1, 0.15) is 75.1 Å². The summed E-state index contributed by atoms with van der Waals surface area (Å²) < 4.78 is 16.1. The van der Waals surface area contributed by atoms with E-state index in [1.54, 1.807) is 0 Å². The zero-order chi connectivity index (χ0) is 46.4. The number of nitrogens with one attached hydrogen (secondary N) is 3. The molecule has 4 N–H and O–H groups in total. The first-order valence-corrected chi connectivity index (χ1v) is 24.2. The highest BCUT2D eigenvalue weighted by Crippen LogP contribution is 2.55. The number of carboxylic acid groups (broad SMARTS) is 1. The summed E-state index contributed by atoms with van der Waals surface area (Å²) in [7, 11) is 2.84. The number of benzene rings is 4. The number of piperidine rings is 2. The number of likely N-dealkylation sites (tertiary alicyclic amines) is 2. The third kappa shape index (κ3) is 7.52. The monoisotopic (exact) mass is 920 g/mol. The van der Waals surface area contributed by atoms with Crippen molar-refractivity contribution in [2.75, 3.05) is 40.6 Å². The van der Waals surface area contributed by atoms with Crippen molar-refractivity contribution in [3.05, 3.63) is 84.6 Å². The number of imidazole rings is 2. The molecule has 0 radical (unpaired) electrons. The molecule has 68 heavy (non-hydrogen) atoms. The summed E-state index contributed by atoms with van der Waals surface area (Å²) in [6.07, 6.45) is 6.47. The minimum absolute atomic E-state index is 0.0266. The van der Waals surface area contributed by atoms with Gasteiger partial charge in [-0.3, -0.25) is 14.5 Å². The molecule has 0 unspecified atom stereocenters. The Kier molecular flexibility index (Phi) is 10.6. The maximum atomic E-state index is 14.5. The number of nitrogens with zero attached hydrogens (tertiary/aromatic N) is 5. The molecule has 352 valence electrons. The third-order valence-electron chi connectivity index (χ3n) is 16.1. The predicted octanol–water partition coefficient (Wildman–Crippen LogP) is 7.81. The number of aromatic nitrogens is 4. The number of hydrogen-bond acceptors (Lipinski definition) is 9. The molecule has 16 nitrogen and oxygen atoms in total. The maximum Gasteiger partial charge on any atom is 0.407 e. The Labute approximate surface area is 392 Å². The van der Waals surface area contributed by atoms with Crippen molar-refractivity contribution in [2.24, 2.45) is 23.7 Å². The number of ether oxygens (including phenoxy) is 3. The number of rotatable bonds is 10. The van der Waals surface area contributed by atoms with Gasteiger partial charge in [0.2, 0.25) is 11.8 Å². The van der Waals surface area contributed by atoms with E-state index in [4.69, 9.17) is 24.2 Å². The van der Waals surface area contributed by atoms with Crippen LogP contribution < -0.4 is 5.32 Å². The standard InChI is InChI=1S/C52H56N8O8/c1-58(52(64)65)46(28-13-17-68-18-14-28)50(62)60-41-23-36(41)25-43(60)48-54-38-10-8-33-20-32(7-9-37(33)45(38)56-48)29-3-4-31-21-34(6-5-30(31)19-29)39-26-53-47(55-39)42-24-35-22-40(35)59(42)49(61)44(57-51(63)66-2)27-11-15-67-16-12-27/h3-10,19-21,26-28,35-36,40-44,46H,11-18,22-25H2,1-2H3,(H,53,55)(H,54,56)(H,57,63)(H,64,65)/t35-,36-,40-,41-,42+,43+,44+,46+/m1/s1. The van der Waals surface area contributed by atoms with Gasteiger partial charge in [0.15, 0.2) is 0 Å². The van der Waals surface area contributed by atoms with Gasteiger partial charge in [0.1, 0.15) is 23.7 Å². The van der Waals surface area contributed by atoms with E-state index in [-0.39, 0.29) is 47.8 Å². The number of fused-ring (bicyclic) bond motifs is 6. The first kappa shape index (κ1) is 42.8. The fraction of sp³-hybridized carbons (Fsp3) is 0.462. The van der Waals surface area contributed by atoms with Crippen LogP contribution in [0, 0.1) is 23.7 Å². The summed E-state index contributed by atoms with van der Waals surface area (Å²) in [6, 6.07) is 21.9. The van der Waals surface area contributed by atoms with E-state index < -0.39 is 24.3 Å². The Balaban J connectivity index is 0.771. The summed E-state index contributed by atoms with van der Waals surface area (Å²) in [5.74, 6) is 2.00. The molecule has 2 aromatic heterocycles. The largest absolute Gasteiger partial charge is 0.465 e. The Bertz CT molecular complexity index is 2970. The number of H-pyrrole nitrogens is 2. The van der Waals surface area contributed by atoms with Gasteiger partial charge in [-0.2, -0.15) is 0 Å². The zero-order valence-corrected chi connectivity index (χ0v) is 38.2. The van der Waals surface area contributed by atoms with E-state index in [2.05, 4.69) is 75.9 Å². The molecule has 4 aliphatic heterocycles. The third-order valence-corrected chi connectivity index (χ3v) is 16.1. The van der Waals surface area contributed by atoms with Crippen molar-refractivity contribution >= 4 is 56.6 Å². The second-order valence-corrected chi connectivity index (χ2v) is 19.9. The summed E-state index contributed by atoms with van der Waals surface area (Å²) in [5.41, 5.74) is 5.72. The topological polar surface area (TPSA) is 195 Å². The van der Waals surface area contributed by atoms with Crippen LogP contribution >= 0.6 is 0 Å². The fourth-order valence-corrected chi connectivity index (χ4v) is 12.2. The van der Waals surface area contributed by atoms with E-state index in [0.717, 1.165) is 92.3 Å². The van der Waals surface area contributed by atoms with E-state index in [1.807, 2.05) is 22.1 Å². The normalized spacial score (nSPS) is 25.6. The van der Waals surface area contributed by atoms with Crippen molar-refractivity contribution in [1.82, 2.24) is 40.0 Å². The average Bonchev–Trinajstić information content (AvgIpc) is 3.98. The molecule has 6 heterocycles. The molecule has 4 aromatic carbocycles. The lowest BCUT2D eigenvalue weighted by Crippen LogP contribution is -2.54. The molecular formula is C52H56N8O8. The molecule has 4 saturated heterocycles. The highest BCUT2D eigenvalue weighted by atomic mass is 16.5. The molecule has 6 aliphatic rings. The molecule has 16 heteroatoms. The number of hydrogen-bond donors (Lipinski definition) is 4. The molecule has 2 aliphatic carbocycles. The van der Waals surface area contributed by atoms with Gasteiger partial charge in [0.05, 0.1) is 35.9 Å². The van der Waals surface area contributed by atoms with Crippen LogP contribution in [0.4, 0.5) is 9.59 Å². The lowest BCUT2D eigenvalue weighted by molar-refractivity contribution is -0.141. The number of aromatic amines is 2. The van der Waals surface area contributed by atoms with Crippen LogP contribution in [0.25, 0.3) is 55.0 Å². The van der Waals surface area contributed by atoms with Crippen LogP contribution in [0.5, 0.6) is 0 Å². The van der Waals surface area contributed by atoms with Crippen molar-refractivity contribution < 1.29 is 38.5 Å².